The molecule has 1 aliphatic heterocycles. The summed E-state index contributed by atoms with van der Waals surface area (Å²) < 4.78 is 5.43. The summed E-state index contributed by atoms with van der Waals surface area (Å²) in [4.78, 5) is 18.6. The number of nitrogens with two attached hydrogens (primary N) is 1. The number of amides is 1. The third kappa shape index (κ3) is 8.51. The molecule has 180 valence electrons. The van der Waals surface area contributed by atoms with Gasteiger partial charge in [-0.1, -0.05) is 42.5 Å². The summed E-state index contributed by atoms with van der Waals surface area (Å²) in [6.07, 6.45) is 1.91. The zero-order valence-electron chi connectivity index (χ0n) is 19.5. The number of guanidine groups is 1. The highest BCUT2D eigenvalue weighted by Crippen LogP contribution is 2.19. The molecule has 1 atom stereocenters. The Kier molecular flexibility index (Phi) is 11.5. The van der Waals surface area contributed by atoms with Gasteiger partial charge in [-0.2, -0.15) is 0 Å². The number of carbonyl (C=O) groups excluding carboxylic acids is 1. The Bertz CT molecular complexity index is 921. The number of benzene rings is 2. The predicted molar refractivity (Wildman–Crippen MR) is 144 cm³/mol. The maximum Gasteiger partial charge on any atom is 0.221 e. The number of ether oxygens (including phenoxy) is 1. The van der Waals surface area contributed by atoms with Crippen LogP contribution in [0, 0.1) is 5.92 Å². The van der Waals surface area contributed by atoms with Crippen molar-refractivity contribution < 1.29 is 9.53 Å². The molecule has 0 saturated carbocycles. The largest absolute Gasteiger partial charge is 0.496 e. The Hall–Kier alpha value is -2.33. The summed E-state index contributed by atoms with van der Waals surface area (Å²) in [6.45, 7) is 6.63. The molecule has 8 heteroatoms. The first-order chi connectivity index (χ1) is 15.6. The van der Waals surface area contributed by atoms with Crippen LogP contribution in [0.2, 0.25) is 0 Å². The number of para-hydroxylation sites is 1. The Morgan fingerprint density at radius 2 is 1.97 bits per heavy atom. The van der Waals surface area contributed by atoms with Gasteiger partial charge in [0.25, 0.3) is 0 Å². The Balaban J connectivity index is 0.00000385. The molecule has 1 fully saturated rings. The maximum absolute atomic E-state index is 11.6. The normalized spacial score (nSPS) is 16.5. The number of halogens is 1. The number of nitrogens with one attached hydrogen (secondary N) is 2. The first kappa shape index (κ1) is 26.9. The summed E-state index contributed by atoms with van der Waals surface area (Å²) in [6, 6.07) is 16.5. The van der Waals surface area contributed by atoms with Crippen molar-refractivity contribution in [2.75, 3.05) is 26.7 Å². The van der Waals surface area contributed by atoms with Gasteiger partial charge in [-0.05, 0) is 43.5 Å². The number of rotatable bonds is 9. The molecule has 1 amide bonds. The van der Waals surface area contributed by atoms with Crippen LogP contribution in [-0.2, 0) is 24.4 Å². The lowest BCUT2D eigenvalue weighted by molar-refractivity contribution is -0.123. The van der Waals surface area contributed by atoms with Crippen molar-refractivity contribution in [1.29, 1.82) is 0 Å². The van der Waals surface area contributed by atoms with E-state index >= 15 is 0 Å². The third-order valence-electron chi connectivity index (χ3n) is 5.71. The third-order valence-corrected chi connectivity index (χ3v) is 5.71. The van der Waals surface area contributed by atoms with Gasteiger partial charge in [0.05, 0.1) is 19.6 Å². The van der Waals surface area contributed by atoms with Crippen LogP contribution in [-0.4, -0.2) is 43.5 Å². The van der Waals surface area contributed by atoms with Crippen LogP contribution in [0.1, 0.15) is 36.5 Å². The smallest absolute Gasteiger partial charge is 0.221 e. The van der Waals surface area contributed by atoms with E-state index in [0.29, 0.717) is 13.1 Å². The van der Waals surface area contributed by atoms with Crippen molar-refractivity contribution in [1.82, 2.24) is 15.5 Å². The zero-order chi connectivity index (χ0) is 22.8. The SMILES string of the molecule is CCNC(=NCc1cccc(CN2CCCC(C(N)=O)C2)c1)NCc1ccccc1OC.I. The first-order valence-electron chi connectivity index (χ1n) is 11.3. The van der Waals surface area contributed by atoms with E-state index in [4.69, 9.17) is 15.5 Å². The van der Waals surface area contributed by atoms with E-state index in [1.807, 2.05) is 24.3 Å². The lowest BCUT2D eigenvalue weighted by Crippen LogP contribution is -2.40. The molecule has 2 aromatic rings. The van der Waals surface area contributed by atoms with E-state index in [2.05, 4.69) is 46.7 Å². The second-order valence-corrected chi connectivity index (χ2v) is 8.16. The number of hydrogen-bond donors (Lipinski definition) is 3. The lowest BCUT2D eigenvalue weighted by atomic mass is 9.97. The fourth-order valence-corrected chi connectivity index (χ4v) is 4.06. The highest BCUT2D eigenvalue weighted by Gasteiger charge is 2.23. The predicted octanol–water partition coefficient (Wildman–Crippen LogP) is 3.27. The number of methoxy groups -OCH3 is 1. The van der Waals surface area contributed by atoms with E-state index in [1.165, 1.54) is 5.56 Å². The van der Waals surface area contributed by atoms with Gasteiger partial charge in [0.15, 0.2) is 5.96 Å². The Labute approximate surface area is 214 Å². The molecule has 4 N–H and O–H groups in total. The molecular weight excluding hydrogens is 529 g/mol. The maximum atomic E-state index is 11.6. The number of nitrogens with zero attached hydrogens (tertiary/aromatic N) is 2. The number of hydrogen-bond acceptors (Lipinski definition) is 4. The van der Waals surface area contributed by atoms with Crippen LogP contribution in [0.4, 0.5) is 0 Å². The van der Waals surface area contributed by atoms with Gasteiger partial charge in [-0.25, -0.2) is 4.99 Å². The average molecular weight is 566 g/mol. The van der Waals surface area contributed by atoms with Gasteiger partial charge < -0.3 is 21.1 Å². The standard InChI is InChI=1S/C25H35N5O2.HI/c1-3-27-25(29-16-21-10-4-5-12-23(21)32-2)28-15-19-8-6-9-20(14-19)17-30-13-7-11-22(18-30)24(26)31;/h4-6,8-10,12,14,22H,3,7,11,13,15-18H2,1-2H3,(H2,26,31)(H2,27,28,29);1H. The minimum Gasteiger partial charge on any atom is -0.496 e. The van der Waals surface area contributed by atoms with Crippen LogP contribution < -0.4 is 21.1 Å². The number of likely N-dealkylation sites (tertiary alicyclic amines) is 1. The van der Waals surface area contributed by atoms with Crippen LogP contribution in [0.5, 0.6) is 5.75 Å². The second-order valence-electron chi connectivity index (χ2n) is 8.16. The molecule has 1 heterocycles. The molecule has 2 aromatic carbocycles. The molecule has 0 aromatic heterocycles. The second kappa shape index (κ2) is 14.0. The molecule has 0 bridgehead atoms. The molecule has 0 aliphatic carbocycles. The van der Waals surface area contributed by atoms with Crippen molar-refractivity contribution in [2.24, 2.45) is 16.6 Å². The van der Waals surface area contributed by atoms with Gasteiger partial charge in [-0.3, -0.25) is 9.69 Å². The van der Waals surface area contributed by atoms with Crippen molar-refractivity contribution in [2.45, 2.75) is 39.4 Å². The molecule has 1 aliphatic rings. The van der Waals surface area contributed by atoms with E-state index in [0.717, 1.165) is 61.9 Å². The molecule has 7 nitrogen and oxygen atoms in total. The number of aliphatic imine (C=N–C) groups is 1. The van der Waals surface area contributed by atoms with Crippen LogP contribution in [0.15, 0.2) is 53.5 Å². The molecule has 1 saturated heterocycles. The summed E-state index contributed by atoms with van der Waals surface area (Å²) >= 11 is 0. The molecule has 33 heavy (non-hydrogen) atoms. The van der Waals surface area contributed by atoms with Crippen LogP contribution in [0.25, 0.3) is 0 Å². The van der Waals surface area contributed by atoms with E-state index < -0.39 is 0 Å². The number of carbonyl (C=O) groups is 1. The topological polar surface area (TPSA) is 92.0 Å². The zero-order valence-corrected chi connectivity index (χ0v) is 21.9. The monoisotopic (exact) mass is 565 g/mol. The fourth-order valence-electron chi connectivity index (χ4n) is 4.06. The molecule has 0 radical (unpaired) electrons. The van der Waals surface area contributed by atoms with E-state index in [1.54, 1.807) is 7.11 Å². The molecular formula is C25H36IN5O2. The van der Waals surface area contributed by atoms with Gasteiger partial charge in [-0.15, -0.1) is 24.0 Å². The minimum atomic E-state index is -0.186. The highest BCUT2D eigenvalue weighted by atomic mass is 127. The van der Waals surface area contributed by atoms with Gasteiger partial charge in [0, 0.05) is 31.7 Å². The molecule has 1 unspecified atom stereocenters. The summed E-state index contributed by atoms with van der Waals surface area (Å²) in [7, 11) is 1.68. The van der Waals surface area contributed by atoms with E-state index in [9.17, 15) is 4.79 Å². The van der Waals surface area contributed by atoms with Crippen molar-refractivity contribution >= 4 is 35.8 Å². The minimum absolute atomic E-state index is 0. The lowest BCUT2D eigenvalue weighted by Gasteiger charge is -2.31. The Morgan fingerprint density at radius 1 is 1.18 bits per heavy atom. The molecule has 0 spiro atoms. The van der Waals surface area contributed by atoms with Crippen molar-refractivity contribution in [3.05, 3.63) is 65.2 Å². The van der Waals surface area contributed by atoms with Crippen LogP contribution in [0.3, 0.4) is 0 Å². The highest BCUT2D eigenvalue weighted by molar-refractivity contribution is 14.0. The van der Waals surface area contributed by atoms with Gasteiger partial charge in [0.1, 0.15) is 5.75 Å². The average Bonchev–Trinajstić information content (AvgIpc) is 2.81. The number of piperidine rings is 1. The first-order valence-corrected chi connectivity index (χ1v) is 11.3. The summed E-state index contributed by atoms with van der Waals surface area (Å²) in [5.74, 6) is 1.41. The van der Waals surface area contributed by atoms with Crippen molar-refractivity contribution in [3.63, 3.8) is 0 Å². The fraction of sp³-hybridized carbons (Fsp3) is 0.440. The molecule has 3 rings (SSSR count). The quantitative estimate of drug-likeness (QED) is 0.247. The van der Waals surface area contributed by atoms with Gasteiger partial charge in [0.2, 0.25) is 5.91 Å². The summed E-state index contributed by atoms with van der Waals surface area (Å²) in [5, 5.41) is 6.69. The van der Waals surface area contributed by atoms with Gasteiger partial charge >= 0.3 is 0 Å². The Morgan fingerprint density at radius 3 is 2.73 bits per heavy atom. The van der Waals surface area contributed by atoms with Crippen molar-refractivity contribution in [3.8, 4) is 5.75 Å². The van der Waals surface area contributed by atoms with E-state index in [-0.39, 0.29) is 35.8 Å². The number of primary amides is 1. The summed E-state index contributed by atoms with van der Waals surface area (Å²) in [5.41, 5.74) is 8.98. The van der Waals surface area contributed by atoms with Crippen LogP contribution >= 0.6 is 24.0 Å².